The Balaban J connectivity index is 0.000000970. The van der Waals surface area contributed by atoms with Crippen LogP contribution in [0.25, 0.3) is 17.0 Å². The SMILES string of the molecule is C=C(C)c1nc(-c2ccc(F)cc2)nc(Nc2ccc(O)c(Cl)c2)c1C.CC.CC.CCC(C)[C@H](C)CC. The van der Waals surface area contributed by atoms with Gasteiger partial charge in [-0.05, 0) is 73.7 Å². The molecule has 1 heterocycles. The predicted octanol–water partition coefficient (Wildman–Crippen LogP) is 10.9. The molecule has 0 fully saturated rings. The van der Waals surface area contributed by atoms with Gasteiger partial charge in [-0.3, -0.25) is 0 Å². The second-order valence-electron chi connectivity index (χ2n) is 8.72. The molecule has 2 N–H and O–H groups in total. The molecular weight excluding hydrogens is 497 g/mol. The first-order valence-corrected chi connectivity index (χ1v) is 14.0. The van der Waals surface area contributed by atoms with E-state index in [4.69, 9.17) is 11.6 Å². The topological polar surface area (TPSA) is 58.0 Å². The number of allylic oxidation sites excluding steroid dienone is 1. The number of rotatable bonds is 7. The van der Waals surface area contributed by atoms with E-state index < -0.39 is 0 Å². The zero-order valence-electron chi connectivity index (χ0n) is 24.9. The van der Waals surface area contributed by atoms with Crippen molar-refractivity contribution in [2.24, 2.45) is 11.8 Å². The van der Waals surface area contributed by atoms with Gasteiger partial charge in [-0.2, -0.15) is 0 Å². The Morgan fingerprint density at radius 2 is 1.50 bits per heavy atom. The number of hydrogen-bond acceptors (Lipinski definition) is 4. The van der Waals surface area contributed by atoms with Crippen LogP contribution >= 0.6 is 11.6 Å². The highest BCUT2D eigenvalue weighted by Crippen LogP contribution is 2.31. The van der Waals surface area contributed by atoms with Gasteiger partial charge in [0.1, 0.15) is 17.4 Å². The van der Waals surface area contributed by atoms with E-state index >= 15 is 0 Å². The molecule has 0 saturated heterocycles. The molecule has 0 saturated carbocycles. The highest BCUT2D eigenvalue weighted by molar-refractivity contribution is 6.32. The molecule has 0 amide bonds. The molecule has 2 atom stereocenters. The number of halogens is 2. The minimum Gasteiger partial charge on any atom is -0.506 e. The molecule has 3 aromatic rings. The first-order valence-electron chi connectivity index (χ1n) is 13.6. The molecule has 1 aromatic heterocycles. The van der Waals surface area contributed by atoms with E-state index in [2.05, 4.69) is 49.6 Å². The summed E-state index contributed by atoms with van der Waals surface area (Å²) >= 11 is 5.97. The Bertz CT molecular complexity index is 1110. The van der Waals surface area contributed by atoms with E-state index in [1.54, 1.807) is 24.3 Å². The van der Waals surface area contributed by atoms with E-state index in [9.17, 15) is 9.50 Å². The number of aromatic hydroxyl groups is 1. The highest BCUT2D eigenvalue weighted by Gasteiger charge is 2.14. The van der Waals surface area contributed by atoms with Gasteiger partial charge < -0.3 is 10.4 Å². The molecule has 38 heavy (non-hydrogen) atoms. The van der Waals surface area contributed by atoms with Crippen molar-refractivity contribution in [2.45, 2.75) is 82.1 Å². The molecule has 0 bridgehead atoms. The minimum absolute atomic E-state index is 0.00579. The van der Waals surface area contributed by atoms with Crippen molar-refractivity contribution in [1.29, 1.82) is 0 Å². The minimum atomic E-state index is -0.321. The number of nitrogens with zero attached hydrogens (tertiary/aromatic N) is 2. The molecule has 6 heteroatoms. The zero-order valence-corrected chi connectivity index (χ0v) is 25.7. The average molecular weight is 544 g/mol. The summed E-state index contributed by atoms with van der Waals surface area (Å²) in [7, 11) is 0. The van der Waals surface area contributed by atoms with Crippen LogP contribution in [0.3, 0.4) is 0 Å². The number of nitrogens with one attached hydrogen (secondary N) is 1. The van der Waals surface area contributed by atoms with Crippen molar-refractivity contribution in [3.63, 3.8) is 0 Å². The standard InChI is InChI=1S/C20H17ClFN3O.C8H18.2C2H6/c1-11(2)18-12(3)19(23-15-8-9-17(26)16(21)10-15)25-20(24-18)13-4-6-14(22)7-5-13;1-5-7(3)8(4)6-2;2*1-2/h4-10,26H,1H2,2-3H3,(H,23,24,25);7-8H,5-6H2,1-4H3;2*1-2H3/t;7-,8?;;/m.1../s1. The third-order valence-electron chi connectivity index (χ3n) is 6.12. The van der Waals surface area contributed by atoms with Gasteiger partial charge in [-0.25, -0.2) is 14.4 Å². The first-order chi connectivity index (χ1) is 18.1. The van der Waals surface area contributed by atoms with Crippen molar-refractivity contribution in [3.05, 3.63) is 71.1 Å². The molecule has 210 valence electrons. The monoisotopic (exact) mass is 543 g/mol. The Kier molecular flexibility index (Phi) is 16.9. The fraction of sp³-hybridized carbons (Fsp3) is 0.438. The van der Waals surface area contributed by atoms with Gasteiger partial charge in [0.05, 0.1) is 10.7 Å². The summed E-state index contributed by atoms with van der Waals surface area (Å²) in [5.74, 6) is 2.56. The molecule has 4 nitrogen and oxygen atoms in total. The van der Waals surface area contributed by atoms with Gasteiger partial charge in [0, 0.05) is 16.8 Å². The van der Waals surface area contributed by atoms with E-state index in [1.807, 2.05) is 41.5 Å². The molecule has 1 unspecified atom stereocenters. The number of hydrogen-bond donors (Lipinski definition) is 2. The molecular formula is C32H47ClFN3O. The summed E-state index contributed by atoms with van der Waals surface area (Å²) in [4.78, 5) is 9.14. The lowest BCUT2D eigenvalue weighted by Gasteiger charge is -2.15. The van der Waals surface area contributed by atoms with Crippen LogP contribution < -0.4 is 5.32 Å². The van der Waals surface area contributed by atoms with Gasteiger partial charge in [0.25, 0.3) is 0 Å². The lowest BCUT2D eigenvalue weighted by Crippen LogP contribution is -2.04. The molecule has 0 aliphatic rings. The predicted molar refractivity (Wildman–Crippen MR) is 165 cm³/mol. The molecule has 2 aromatic carbocycles. The summed E-state index contributed by atoms with van der Waals surface area (Å²) in [5, 5.41) is 13.0. The van der Waals surface area contributed by atoms with Crippen molar-refractivity contribution in [3.8, 4) is 17.1 Å². The zero-order chi connectivity index (χ0) is 29.4. The molecule has 3 rings (SSSR count). The quantitative estimate of drug-likeness (QED) is 0.291. The van der Waals surface area contributed by atoms with E-state index in [0.717, 1.165) is 23.0 Å². The molecule has 0 radical (unpaired) electrons. The van der Waals surface area contributed by atoms with Crippen molar-refractivity contribution < 1.29 is 9.50 Å². The van der Waals surface area contributed by atoms with Crippen molar-refractivity contribution in [2.75, 3.05) is 5.32 Å². The number of anilines is 2. The smallest absolute Gasteiger partial charge is 0.162 e. The average Bonchev–Trinajstić information content (AvgIpc) is 2.93. The molecule has 0 spiro atoms. The Labute approximate surface area is 235 Å². The Morgan fingerprint density at radius 3 is 1.95 bits per heavy atom. The van der Waals surface area contributed by atoms with Crippen LogP contribution in [0.2, 0.25) is 5.02 Å². The maximum Gasteiger partial charge on any atom is 0.162 e. The summed E-state index contributed by atoms with van der Waals surface area (Å²) in [5.41, 5.74) is 3.70. The number of benzene rings is 2. The first kappa shape index (κ1) is 35.1. The largest absolute Gasteiger partial charge is 0.506 e. The van der Waals surface area contributed by atoms with Gasteiger partial charge in [0.15, 0.2) is 5.82 Å². The maximum absolute atomic E-state index is 13.2. The van der Waals surface area contributed by atoms with Crippen LogP contribution in [0.15, 0.2) is 49.0 Å². The van der Waals surface area contributed by atoms with E-state index in [0.29, 0.717) is 28.6 Å². The summed E-state index contributed by atoms with van der Waals surface area (Å²) < 4.78 is 13.2. The van der Waals surface area contributed by atoms with Gasteiger partial charge >= 0.3 is 0 Å². The third kappa shape index (κ3) is 10.8. The van der Waals surface area contributed by atoms with Gasteiger partial charge in [-0.1, -0.05) is 86.4 Å². The Hall–Kier alpha value is -2.92. The van der Waals surface area contributed by atoms with Crippen LogP contribution in [0, 0.1) is 24.6 Å². The van der Waals surface area contributed by atoms with Crippen LogP contribution in [0.4, 0.5) is 15.9 Å². The number of phenolic OH excluding ortho intramolecular Hbond substituents is 1. The van der Waals surface area contributed by atoms with Crippen LogP contribution in [-0.2, 0) is 0 Å². The van der Waals surface area contributed by atoms with E-state index in [1.165, 1.54) is 31.0 Å². The number of phenols is 1. The maximum atomic E-state index is 13.2. The molecule has 0 aliphatic heterocycles. The van der Waals surface area contributed by atoms with Crippen LogP contribution in [0.5, 0.6) is 5.75 Å². The third-order valence-corrected chi connectivity index (χ3v) is 6.42. The van der Waals surface area contributed by atoms with Crippen molar-refractivity contribution >= 4 is 28.7 Å². The van der Waals surface area contributed by atoms with Crippen LogP contribution in [-0.4, -0.2) is 15.1 Å². The number of aromatic nitrogens is 2. The summed E-state index contributed by atoms with van der Waals surface area (Å²) in [6, 6.07) is 10.8. The lowest BCUT2D eigenvalue weighted by molar-refractivity contribution is 0.367. The second kappa shape index (κ2) is 18.4. The van der Waals surface area contributed by atoms with E-state index in [-0.39, 0.29) is 16.6 Å². The molecule has 0 aliphatic carbocycles. The van der Waals surface area contributed by atoms with Crippen LogP contribution in [0.1, 0.15) is 86.4 Å². The summed E-state index contributed by atoms with van der Waals surface area (Å²) in [6.07, 6.45) is 2.66. The highest BCUT2D eigenvalue weighted by atomic mass is 35.5. The Morgan fingerprint density at radius 1 is 0.974 bits per heavy atom. The van der Waals surface area contributed by atoms with Gasteiger partial charge in [0.2, 0.25) is 0 Å². The summed E-state index contributed by atoms with van der Waals surface area (Å²) in [6.45, 7) is 24.9. The second-order valence-corrected chi connectivity index (χ2v) is 9.13. The fourth-order valence-corrected chi connectivity index (χ4v) is 3.49. The lowest BCUT2D eigenvalue weighted by atomic mass is 9.92. The van der Waals surface area contributed by atoms with Gasteiger partial charge in [-0.15, -0.1) is 0 Å². The van der Waals surface area contributed by atoms with Crippen molar-refractivity contribution in [1.82, 2.24) is 9.97 Å². The normalized spacial score (nSPS) is 11.4. The fourth-order valence-electron chi connectivity index (χ4n) is 3.31.